The summed E-state index contributed by atoms with van der Waals surface area (Å²) in [4.78, 5) is 23.0. The van der Waals surface area contributed by atoms with Crippen LogP contribution in [0.1, 0.15) is 11.1 Å². The molecule has 1 heterocycles. The third kappa shape index (κ3) is 4.68. The molecule has 0 fully saturated rings. The smallest absolute Gasteiger partial charge is 0.293 e. The number of nitro benzene ring substituents is 1. The van der Waals surface area contributed by atoms with E-state index in [1.807, 2.05) is 0 Å². The molecular formula is C18H15ClN4O4S. The number of carbonyl (C=O) groups excluding carboxylic acids is 1. The van der Waals surface area contributed by atoms with Gasteiger partial charge in [0.05, 0.1) is 10.7 Å². The van der Waals surface area contributed by atoms with Crippen molar-refractivity contribution >= 4 is 40.6 Å². The van der Waals surface area contributed by atoms with E-state index in [1.54, 1.807) is 44.2 Å². The number of anilines is 1. The topological polar surface area (TPSA) is 111 Å². The first-order chi connectivity index (χ1) is 13.3. The molecule has 8 nitrogen and oxygen atoms in total. The number of carbonyl (C=O) groups is 1. The highest BCUT2D eigenvalue weighted by Crippen LogP contribution is 2.30. The van der Waals surface area contributed by atoms with E-state index in [2.05, 4.69) is 15.5 Å². The number of aryl methyl sites for hydroxylation is 2. The van der Waals surface area contributed by atoms with Crippen LogP contribution in [-0.2, 0) is 4.79 Å². The lowest BCUT2D eigenvalue weighted by atomic mass is 10.1. The fourth-order valence-corrected chi connectivity index (χ4v) is 3.31. The van der Waals surface area contributed by atoms with E-state index in [0.29, 0.717) is 16.1 Å². The molecule has 1 aromatic heterocycles. The number of thioether (sulfide) groups is 1. The Balaban J connectivity index is 1.67. The van der Waals surface area contributed by atoms with Gasteiger partial charge in [-0.3, -0.25) is 14.9 Å². The van der Waals surface area contributed by atoms with Gasteiger partial charge in [-0.15, -0.1) is 10.2 Å². The van der Waals surface area contributed by atoms with Gasteiger partial charge in [-0.2, -0.15) is 0 Å². The molecule has 0 aliphatic carbocycles. The van der Waals surface area contributed by atoms with Crippen LogP contribution in [0.3, 0.4) is 0 Å². The Hall–Kier alpha value is -2.91. The van der Waals surface area contributed by atoms with Gasteiger partial charge in [0.25, 0.3) is 10.9 Å². The standard InChI is InChI=1S/C18H15ClN4O4S/c1-10-6-11(2)16(14(7-10)23(25)26)20-15(24)9-28-18-22-21-17(27-18)12-4-3-5-13(19)8-12/h3-8H,9H2,1-2H3,(H,20,24). The Morgan fingerprint density at radius 3 is 2.79 bits per heavy atom. The van der Waals surface area contributed by atoms with Crippen LogP contribution < -0.4 is 5.32 Å². The highest BCUT2D eigenvalue weighted by molar-refractivity contribution is 7.99. The molecule has 0 saturated carbocycles. The third-order valence-corrected chi connectivity index (χ3v) is 4.78. The van der Waals surface area contributed by atoms with Crippen molar-refractivity contribution in [3.05, 3.63) is 62.7 Å². The Morgan fingerprint density at radius 1 is 1.29 bits per heavy atom. The van der Waals surface area contributed by atoms with E-state index < -0.39 is 10.8 Å². The molecule has 3 aromatic rings. The molecular weight excluding hydrogens is 404 g/mol. The van der Waals surface area contributed by atoms with Gasteiger partial charge in [0.15, 0.2) is 0 Å². The van der Waals surface area contributed by atoms with Crippen LogP contribution >= 0.6 is 23.4 Å². The summed E-state index contributed by atoms with van der Waals surface area (Å²) in [7, 11) is 0. The van der Waals surface area contributed by atoms with E-state index in [9.17, 15) is 14.9 Å². The van der Waals surface area contributed by atoms with Crippen LogP contribution in [0.15, 0.2) is 46.0 Å². The fourth-order valence-electron chi connectivity index (χ4n) is 2.56. The molecule has 0 aliphatic rings. The minimum atomic E-state index is -0.516. The zero-order valence-corrected chi connectivity index (χ0v) is 16.5. The quantitative estimate of drug-likeness (QED) is 0.352. The number of amides is 1. The van der Waals surface area contributed by atoms with Gasteiger partial charge in [0.1, 0.15) is 5.69 Å². The molecule has 1 amide bonds. The molecule has 144 valence electrons. The molecule has 3 rings (SSSR count). The van der Waals surface area contributed by atoms with Crippen LogP contribution in [0, 0.1) is 24.0 Å². The van der Waals surface area contributed by atoms with Crippen molar-refractivity contribution in [2.24, 2.45) is 0 Å². The highest BCUT2D eigenvalue weighted by atomic mass is 35.5. The summed E-state index contributed by atoms with van der Waals surface area (Å²) in [6, 6.07) is 10.2. The minimum absolute atomic E-state index is 0.0400. The monoisotopic (exact) mass is 418 g/mol. The van der Waals surface area contributed by atoms with Crippen LogP contribution in [0.2, 0.25) is 5.02 Å². The molecule has 0 radical (unpaired) electrons. The van der Waals surface area contributed by atoms with Gasteiger partial charge in [0.2, 0.25) is 11.8 Å². The van der Waals surface area contributed by atoms with Gasteiger partial charge < -0.3 is 9.73 Å². The molecule has 1 N–H and O–H groups in total. The van der Waals surface area contributed by atoms with Crippen molar-refractivity contribution in [1.82, 2.24) is 10.2 Å². The molecule has 0 bridgehead atoms. The van der Waals surface area contributed by atoms with Crippen molar-refractivity contribution in [3.63, 3.8) is 0 Å². The highest BCUT2D eigenvalue weighted by Gasteiger charge is 2.19. The maximum atomic E-state index is 12.3. The van der Waals surface area contributed by atoms with E-state index >= 15 is 0 Å². The Kier molecular flexibility index (Phi) is 5.96. The zero-order valence-electron chi connectivity index (χ0n) is 14.9. The number of hydrogen-bond acceptors (Lipinski definition) is 7. The lowest BCUT2D eigenvalue weighted by Gasteiger charge is -2.09. The molecule has 28 heavy (non-hydrogen) atoms. The average Bonchev–Trinajstić information content (AvgIpc) is 3.11. The number of nitrogens with one attached hydrogen (secondary N) is 1. The normalized spacial score (nSPS) is 10.7. The molecule has 2 aromatic carbocycles. The van der Waals surface area contributed by atoms with Crippen LogP contribution in [0.4, 0.5) is 11.4 Å². The summed E-state index contributed by atoms with van der Waals surface area (Å²) in [5.74, 6) is -0.167. The fraction of sp³-hybridized carbons (Fsp3) is 0.167. The molecule has 0 saturated heterocycles. The number of hydrogen-bond donors (Lipinski definition) is 1. The van der Waals surface area contributed by atoms with E-state index in [4.69, 9.17) is 16.0 Å². The second-order valence-electron chi connectivity index (χ2n) is 5.95. The van der Waals surface area contributed by atoms with Crippen LogP contribution in [0.25, 0.3) is 11.5 Å². The Bertz CT molecular complexity index is 1050. The summed E-state index contributed by atoms with van der Waals surface area (Å²) in [6.07, 6.45) is 0. The Morgan fingerprint density at radius 2 is 2.07 bits per heavy atom. The SMILES string of the molecule is Cc1cc(C)c(NC(=O)CSc2nnc(-c3cccc(Cl)c3)o2)c([N+](=O)[O-])c1. The summed E-state index contributed by atoms with van der Waals surface area (Å²) < 4.78 is 5.52. The number of nitrogens with zero attached hydrogens (tertiary/aromatic N) is 3. The first-order valence-corrected chi connectivity index (χ1v) is 9.47. The lowest BCUT2D eigenvalue weighted by Crippen LogP contribution is -2.16. The van der Waals surface area contributed by atoms with E-state index in [-0.39, 0.29) is 28.2 Å². The minimum Gasteiger partial charge on any atom is -0.411 e. The second kappa shape index (κ2) is 8.41. The number of aromatic nitrogens is 2. The predicted molar refractivity (Wildman–Crippen MR) is 107 cm³/mol. The molecule has 0 spiro atoms. The number of halogens is 1. The van der Waals surface area contributed by atoms with Crippen LogP contribution in [-0.4, -0.2) is 26.8 Å². The van der Waals surface area contributed by atoms with E-state index in [0.717, 1.165) is 17.3 Å². The average molecular weight is 419 g/mol. The maximum Gasteiger partial charge on any atom is 0.293 e. The summed E-state index contributed by atoms with van der Waals surface area (Å²) in [5.41, 5.74) is 2.08. The van der Waals surface area contributed by atoms with Crippen molar-refractivity contribution < 1.29 is 14.1 Å². The van der Waals surface area contributed by atoms with E-state index in [1.165, 1.54) is 6.07 Å². The van der Waals surface area contributed by atoms with Gasteiger partial charge in [-0.1, -0.05) is 35.5 Å². The van der Waals surface area contributed by atoms with Crippen LogP contribution in [0.5, 0.6) is 0 Å². The summed E-state index contributed by atoms with van der Waals surface area (Å²) in [6.45, 7) is 3.46. The second-order valence-corrected chi connectivity index (χ2v) is 7.32. The number of nitro groups is 1. The summed E-state index contributed by atoms with van der Waals surface area (Å²) >= 11 is 6.98. The van der Waals surface area contributed by atoms with Gasteiger partial charge >= 0.3 is 0 Å². The summed E-state index contributed by atoms with van der Waals surface area (Å²) in [5, 5.41) is 22.4. The van der Waals surface area contributed by atoms with Gasteiger partial charge in [0, 0.05) is 16.7 Å². The molecule has 0 unspecified atom stereocenters. The molecule has 0 atom stereocenters. The van der Waals surface area contributed by atoms with Crippen molar-refractivity contribution in [2.45, 2.75) is 19.1 Å². The first-order valence-electron chi connectivity index (χ1n) is 8.11. The van der Waals surface area contributed by atoms with Crippen molar-refractivity contribution in [1.29, 1.82) is 0 Å². The third-order valence-electron chi connectivity index (χ3n) is 3.72. The first kappa shape index (κ1) is 19.8. The van der Waals surface area contributed by atoms with Gasteiger partial charge in [-0.05, 0) is 43.2 Å². The predicted octanol–water partition coefficient (Wildman–Crippen LogP) is 4.65. The largest absolute Gasteiger partial charge is 0.411 e. The van der Waals surface area contributed by atoms with Crippen molar-refractivity contribution in [3.8, 4) is 11.5 Å². The molecule has 0 aliphatic heterocycles. The lowest BCUT2D eigenvalue weighted by molar-refractivity contribution is -0.384. The number of benzene rings is 2. The van der Waals surface area contributed by atoms with Crippen molar-refractivity contribution in [2.75, 3.05) is 11.1 Å². The maximum absolute atomic E-state index is 12.3. The molecule has 10 heteroatoms. The number of rotatable bonds is 6. The zero-order chi connectivity index (χ0) is 20.3. The Labute approximate surface area is 169 Å². The van der Waals surface area contributed by atoms with Gasteiger partial charge in [-0.25, -0.2) is 0 Å².